The van der Waals surface area contributed by atoms with E-state index in [1.54, 1.807) is 18.3 Å². The van der Waals surface area contributed by atoms with E-state index in [4.69, 9.17) is 11.6 Å². The second kappa shape index (κ2) is 5.10. The van der Waals surface area contributed by atoms with Crippen LogP contribution in [0.5, 0.6) is 0 Å². The molecule has 2 nitrogen and oxygen atoms in total. The second-order valence-electron chi connectivity index (χ2n) is 4.58. The van der Waals surface area contributed by atoms with E-state index in [0.29, 0.717) is 22.7 Å². The molecule has 0 amide bonds. The second-order valence-corrected chi connectivity index (χ2v) is 5.02. The molecule has 0 unspecified atom stereocenters. The molecule has 0 aliphatic heterocycles. The average Bonchev–Trinajstić information content (AvgIpc) is 2.80. The summed E-state index contributed by atoms with van der Waals surface area (Å²) in [6.07, 6.45) is 2.56. The number of hydrogen-bond donors (Lipinski definition) is 0. The van der Waals surface area contributed by atoms with Gasteiger partial charge in [0, 0.05) is 33.2 Å². The van der Waals surface area contributed by atoms with Crippen molar-refractivity contribution < 1.29 is 9.18 Å². The summed E-state index contributed by atoms with van der Waals surface area (Å²) in [7, 11) is 0. The predicted octanol–water partition coefficient (Wildman–Crippen LogP) is 4.29. The topological polar surface area (TPSA) is 22.0 Å². The minimum Gasteiger partial charge on any atom is -0.342 e. The molecule has 0 atom stereocenters. The number of fused-ring (bicyclic) bond motifs is 1. The van der Waals surface area contributed by atoms with E-state index in [9.17, 15) is 9.18 Å². The molecule has 1 heterocycles. The summed E-state index contributed by atoms with van der Waals surface area (Å²) < 4.78 is 15.7. The van der Waals surface area contributed by atoms with Gasteiger partial charge in [-0.05, 0) is 18.2 Å². The van der Waals surface area contributed by atoms with Crippen LogP contribution in [0.4, 0.5) is 4.39 Å². The Morgan fingerprint density at radius 3 is 2.75 bits per heavy atom. The lowest BCUT2D eigenvalue weighted by Gasteiger charge is -2.07. The van der Waals surface area contributed by atoms with E-state index < -0.39 is 0 Å². The standard InChI is InChI=1S/C16H11ClFNO/c17-13-6-5-11(15(18)7-13)8-19-9-12(10-20)14-3-1-2-4-16(14)19/h1-7,9-10H,8H2. The van der Waals surface area contributed by atoms with Crippen LogP contribution in [0.1, 0.15) is 15.9 Å². The molecule has 0 bridgehead atoms. The van der Waals surface area contributed by atoms with Crippen molar-refractivity contribution in [1.82, 2.24) is 4.57 Å². The van der Waals surface area contributed by atoms with E-state index >= 15 is 0 Å². The SMILES string of the molecule is O=Cc1cn(Cc2ccc(Cl)cc2F)c2ccccc12. The van der Waals surface area contributed by atoms with Crippen molar-refractivity contribution in [2.75, 3.05) is 0 Å². The number of carbonyl (C=O) groups is 1. The van der Waals surface area contributed by atoms with Crippen molar-refractivity contribution in [3.05, 3.63) is 70.6 Å². The van der Waals surface area contributed by atoms with Crippen molar-refractivity contribution in [2.24, 2.45) is 0 Å². The summed E-state index contributed by atoms with van der Waals surface area (Å²) in [5.41, 5.74) is 2.05. The van der Waals surface area contributed by atoms with Crippen LogP contribution in [0.3, 0.4) is 0 Å². The molecule has 0 radical (unpaired) electrons. The van der Waals surface area contributed by atoms with Crippen LogP contribution in [0.15, 0.2) is 48.7 Å². The summed E-state index contributed by atoms with van der Waals surface area (Å²) in [5.74, 6) is -0.345. The first-order valence-corrected chi connectivity index (χ1v) is 6.54. The van der Waals surface area contributed by atoms with Gasteiger partial charge in [-0.3, -0.25) is 4.79 Å². The largest absolute Gasteiger partial charge is 0.342 e. The number of aldehydes is 1. The highest BCUT2D eigenvalue weighted by Crippen LogP contribution is 2.22. The summed E-state index contributed by atoms with van der Waals surface area (Å²) >= 11 is 5.75. The lowest BCUT2D eigenvalue weighted by molar-refractivity contribution is 0.112. The molecule has 1 aromatic heterocycles. The Kier molecular flexibility index (Phi) is 3.28. The van der Waals surface area contributed by atoms with E-state index in [-0.39, 0.29) is 5.82 Å². The fourth-order valence-electron chi connectivity index (χ4n) is 2.33. The van der Waals surface area contributed by atoms with Gasteiger partial charge in [0.05, 0.1) is 6.54 Å². The van der Waals surface area contributed by atoms with Crippen LogP contribution >= 0.6 is 11.6 Å². The van der Waals surface area contributed by atoms with Gasteiger partial charge in [0.15, 0.2) is 6.29 Å². The zero-order valence-electron chi connectivity index (χ0n) is 10.5. The third-order valence-corrected chi connectivity index (χ3v) is 3.54. The first kappa shape index (κ1) is 12.9. The van der Waals surface area contributed by atoms with Crippen LogP contribution in [0.25, 0.3) is 10.9 Å². The van der Waals surface area contributed by atoms with Crippen molar-refractivity contribution in [3.63, 3.8) is 0 Å². The molecule has 0 saturated carbocycles. The van der Waals surface area contributed by atoms with Crippen LogP contribution in [-0.2, 0) is 6.54 Å². The minimum absolute atomic E-state index is 0.345. The third kappa shape index (κ3) is 2.21. The molecule has 0 N–H and O–H groups in total. The molecular weight excluding hydrogens is 277 g/mol. The lowest BCUT2D eigenvalue weighted by atomic mass is 10.2. The van der Waals surface area contributed by atoms with Crippen molar-refractivity contribution >= 4 is 28.8 Å². The number of halogens is 2. The molecule has 0 saturated heterocycles. The maximum Gasteiger partial charge on any atom is 0.152 e. The van der Waals surface area contributed by atoms with E-state index in [2.05, 4.69) is 0 Å². The Morgan fingerprint density at radius 2 is 2.00 bits per heavy atom. The van der Waals surface area contributed by atoms with E-state index in [1.165, 1.54) is 6.07 Å². The number of nitrogens with zero attached hydrogens (tertiary/aromatic N) is 1. The average molecular weight is 288 g/mol. The first-order valence-electron chi connectivity index (χ1n) is 6.16. The highest BCUT2D eigenvalue weighted by atomic mass is 35.5. The zero-order chi connectivity index (χ0) is 14.1. The van der Waals surface area contributed by atoms with Crippen LogP contribution < -0.4 is 0 Å². The number of benzene rings is 2. The van der Waals surface area contributed by atoms with Crippen molar-refractivity contribution in [1.29, 1.82) is 0 Å². The third-order valence-electron chi connectivity index (χ3n) is 3.30. The Morgan fingerprint density at radius 1 is 1.20 bits per heavy atom. The molecule has 100 valence electrons. The van der Waals surface area contributed by atoms with Crippen molar-refractivity contribution in [3.8, 4) is 0 Å². The van der Waals surface area contributed by atoms with Crippen LogP contribution in [0.2, 0.25) is 5.02 Å². The lowest BCUT2D eigenvalue weighted by Crippen LogP contribution is -2.00. The molecule has 3 rings (SSSR count). The van der Waals surface area contributed by atoms with Gasteiger partial charge < -0.3 is 4.57 Å². The summed E-state index contributed by atoms with van der Waals surface area (Å²) in [4.78, 5) is 11.1. The molecule has 0 fully saturated rings. The van der Waals surface area contributed by atoms with Gasteiger partial charge in [0.2, 0.25) is 0 Å². The maximum atomic E-state index is 13.9. The number of rotatable bonds is 3. The van der Waals surface area contributed by atoms with Gasteiger partial charge in [0.1, 0.15) is 5.82 Å². The summed E-state index contributed by atoms with van der Waals surface area (Å²) in [5, 5.41) is 1.24. The fourth-order valence-corrected chi connectivity index (χ4v) is 2.49. The van der Waals surface area contributed by atoms with Gasteiger partial charge in [-0.15, -0.1) is 0 Å². The molecule has 0 spiro atoms. The Hall–Kier alpha value is -2.13. The highest BCUT2D eigenvalue weighted by Gasteiger charge is 2.09. The van der Waals surface area contributed by atoms with E-state index in [1.807, 2.05) is 28.8 Å². The summed E-state index contributed by atoms with van der Waals surface area (Å²) in [6, 6.07) is 12.2. The highest BCUT2D eigenvalue weighted by molar-refractivity contribution is 6.30. The van der Waals surface area contributed by atoms with Gasteiger partial charge in [0.25, 0.3) is 0 Å². The number of hydrogen-bond acceptors (Lipinski definition) is 1. The molecule has 4 heteroatoms. The molecule has 2 aromatic carbocycles. The van der Waals surface area contributed by atoms with Gasteiger partial charge in [-0.1, -0.05) is 35.9 Å². The quantitative estimate of drug-likeness (QED) is 0.659. The number of carbonyl (C=O) groups excluding carboxylic acids is 1. The van der Waals surface area contributed by atoms with Gasteiger partial charge in [-0.2, -0.15) is 0 Å². The number of aromatic nitrogens is 1. The zero-order valence-corrected chi connectivity index (χ0v) is 11.3. The van der Waals surface area contributed by atoms with Crippen molar-refractivity contribution in [2.45, 2.75) is 6.54 Å². The molecule has 0 aliphatic carbocycles. The first-order chi connectivity index (χ1) is 9.69. The number of para-hydroxylation sites is 1. The molecular formula is C16H11ClFNO. The minimum atomic E-state index is -0.345. The van der Waals surface area contributed by atoms with Crippen LogP contribution in [-0.4, -0.2) is 10.9 Å². The predicted molar refractivity (Wildman–Crippen MR) is 77.8 cm³/mol. The molecule has 20 heavy (non-hydrogen) atoms. The smallest absolute Gasteiger partial charge is 0.152 e. The molecule has 0 aliphatic rings. The monoisotopic (exact) mass is 287 g/mol. The summed E-state index contributed by atoms with van der Waals surface area (Å²) in [6.45, 7) is 0.358. The fraction of sp³-hybridized carbons (Fsp3) is 0.0625. The van der Waals surface area contributed by atoms with Crippen LogP contribution in [0, 0.1) is 5.82 Å². The maximum absolute atomic E-state index is 13.9. The Labute approximate surface area is 120 Å². The van der Waals surface area contributed by atoms with Gasteiger partial charge in [-0.25, -0.2) is 4.39 Å². The normalized spacial score (nSPS) is 10.9. The Bertz CT molecular complexity index is 794. The van der Waals surface area contributed by atoms with E-state index in [0.717, 1.165) is 17.2 Å². The Balaban J connectivity index is 2.09. The molecule has 3 aromatic rings. The van der Waals surface area contributed by atoms with Gasteiger partial charge >= 0.3 is 0 Å².